The summed E-state index contributed by atoms with van der Waals surface area (Å²) in [6.45, 7) is 1.22. The van der Waals surface area contributed by atoms with Gasteiger partial charge in [0.2, 0.25) is 0 Å². The molecule has 4 heteroatoms. The second-order valence-electron chi connectivity index (χ2n) is 6.56. The zero-order valence-electron chi connectivity index (χ0n) is 12.9. The number of hydrogen-bond donors (Lipinski definition) is 0. The highest BCUT2D eigenvalue weighted by Gasteiger charge is 2.25. The maximum Gasteiger partial charge on any atom is 0.389 e. The van der Waals surface area contributed by atoms with Crippen LogP contribution in [0.25, 0.3) is 0 Å². The largest absolute Gasteiger partial charge is 0.389 e. The second kappa shape index (κ2) is 9.62. The van der Waals surface area contributed by atoms with Gasteiger partial charge < -0.3 is 4.48 Å². The molecule has 0 aliphatic heterocycles. The molecule has 0 saturated heterocycles. The Balaban J connectivity index is 3.12. The smallest absolute Gasteiger partial charge is 0.331 e. The Labute approximate surface area is 116 Å². The molecule has 0 amide bonds. The molecule has 116 valence electrons. The Bertz CT molecular complexity index is 184. The highest BCUT2D eigenvalue weighted by molar-refractivity contribution is 4.52. The van der Waals surface area contributed by atoms with Crippen molar-refractivity contribution in [1.29, 1.82) is 0 Å². The average Bonchev–Trinajstić information content (AvgIpc) is 2.22. The van der Waals surface area contributed by atoms with Gasteiger partial charge in [-0.3, -0.25) is 0 Å². The van der Waals surface area contributed by atoms with Gasteiger partial charge in [0.15, 0.2) is 0 Å². The molecule has 0 N–H and O–H groups in total. The standard InChI is InChI=1S/C15H31F3N/c1-19(2,3)14-12-10-8-6-4-5-7-9-11-13-15(16,17)18/h4-14H2,1-3H3/q+1. The average molecular weight is 282 g/mol. The van der Waals surface area contributed by atoms with Gasteiger partial charge in [-0.1, -0.05) is 38.5 Å². The number of halogens is 3. The van der Waals surface area contributed by atoms with Crippen molar-refractivity contribution < 1.29 is 17.7 Å². The van der Waals surface area contributed by atoms with E-state index in [9.17, 15) is 13.2 Å². The number of unbranched alkanes of at least 4 members (excludes halogenated alkanes) is 8. The van der Waals surface area contributed by atoms with E-state index in [-0.39, 0.29) is 0 Å². The molecule has 1 nitrogen and oxygen atoms in total. The van der Waals surface area contributed by atoms with Crippen LogP contribution in [0.3, 0.4) is 0 Å². The van der Waals surface area contributed by atoms with E-state index in [1.54, 1.807) is 0 Å². The van der Waals surface area contributed by atoms with Crippen molar-refractivity contribution in [2.75, 3.05) is 27.7 Å². The van der Waals surface area contributed by atoms with Crippen molar-refractivity contribution in [3.63, 3.8) is 0 Å². The third-order valence-corrected chi connectivity index (χ3v) is 3.29. The van der Waals surface area contributed by atoms with Crippen LogP contribution in [0.2, 0.25) is 0 Å². The summed E-state index contributed by atoms with van der Waals surface area (Å²) in [5, 5.41) is 0. The SMILES string of the molecule is C[N+](C)(C)CCCCCCCCCCCC(F)(F)F. The van der Waals surface area contributed by atoms with Crippen LogP contribution in [0, 0.1) is 0 Å². The van der Waals surface area contributed by atoms with E-state index in [1.807, 2.05) is 0 Å². The Morgan fingerprint density at radius 1 is 0.632 bits per heavy atom. The lowest BCUT2D eigenvalue weighted by atomic mass is 10.1. The lowest BCUT2D eigenvalue weighted by Gasteiger charge is -2.23. The van der Waals surface area contributed by atoms with Gasteiger partial charge in [0, 0.05) is 6.42 Å². The van der Waals surface area contributed by atoms with Crippen LogP contribution in [0.5, 0.6) is 0 Å². The first kappa shape index (κ1) is 18.8. The molecule has 0 aliphatic carbocycles. The number of nitrogens with zero attached hydrogens (tertiary/aromatic N) is 1. The van der Waals surface area contributed by atoms with Crippen LogP contribution in [0.4, 0.5) is 13.2 Å². The summed E-state index contributed by atoms with van der Waals surface area (Å²) in [7, 11) is 6.63. The molecule has 0 aromatic heterocycles. The summed E-state index contributed by atoms with van der Waals surface area (Å²) in [5.74, 6) is 0. The topological polar surface area (TPSA) is 0 Å². The number of hydrogen-bond acceptors (Lipinski definition) is 0. The van der Waals surface area contributed by atoms with E-state index in [0.29, 0.717) is 6.42 Å². The molecule has 0 spiro atoms. The Morgan fingerprint density at radius 2 is 1.00 bits per heavy atom. The fraction of sp³-hybridized carbons (Fsp3) is 1.00. The van der Waals surface area contributed by atoms with Gasteiger partial charge >= 0.3 is 6.18 Å². The van der Waals surface area contributed by atoms with E-state index < -0.39 is 12.6 Å². The molecule has 0 aromatic rings. The molecular formula is C15H31F3N+. The quantitative estimate of drug-likeness (QED) is 0.363. The Hall–Kier alpha value is -0.250. The number of quaternary nitrogens is 1. The summed E-state index contributed by atoms with van der Waals surface area (Å²) >= 11 is 0. The fourth-order valence-corrected chi connectivity index (χ4v) is 2.15. The molecule has 0 atom stereocenters. The first-order chi connectivity index (χ1) is 8.71. The van der Waals surface area contributed by atoms with E-state index >= 15 is 0 Å². The van der Waals surface area contributed by atoms with Crippen LogP contribution in [0.15, 0.2) is 0 Å². The molecular weight excluding hydrogens is 251 g/mol. The number of rotatable bonds is 11. The van der Waals surface area contributed by atoms with Gasteiger partial charge in [-0.05, 0) is 19.3 Å². The summed E-state index contributed by atoms with van der Waals surface area (Å²) < 4.78 is 36.7. The second-order valence-corrected chi connectivity index (χ2v) is 6.56. The molecule has 0 aliphatic rings. The van der Waals surface area contributed by atoms with Crippen molar-refractivity contribution >= 4 is 0 Å². The van der Waals surface area contributed by atoms with Crippen LogP contribution in [0.1, 0.15) is 64.2 Å². The lowest BCUT2D eigenvalue weighted by Crippen LogP contribution is -2.35. The summed E-state index contributed by atoms with van der Waals surface area (Å²) in [4.78, 5) is 0. The van der Waals surface area contributed by atoms with Gasteiger partial charge in [-0.15, -0.1) is 0 Å². The van der Waals surface area contributed by atoms with Gasteiger partial charge in [0.05, 0.1) is 27.7 Å². The molecule has 0 saturated carbocycles. The van der Waals surface area contributed by atoms with Gasteiger partial charge in [0.1, 0.15) is 0 Å². The Kier molecular flexibility index (Phi) is 9.50. The predicted octanol–water partition coefficient (Wildman–Crippen LogP) is 5.16. The highest BCUT2D eigenvalue weighted by Crippen LogP contribution is 2.23. The van der Waals surface area contributed by atoms with Crippen molar-refractivity contribution in [2.24, 2.45) is 0 Å². The van der Waals surface area contributed by atoms with Gasteiger partial charge in [-0.25, -0.2) is 0 Å². The van der Waals surface area contributed by atoms with E-state index in [0.717, 1.165) is 23.7 Å². The van der Waals surface area contributed by atoms with Gasteiger partial charge in [0.25, 0.3) is 0 Å². The molecule has 0 rings (SSSR count). The fourth-order valence-electron chi connectivity index (χ4n) is 2.15. The molecule has 0 unspecified atom stereocenters. The summed E-state index contributed by atoms with van der Waals surface area (Å²) in [6, 6.07) is 0. The van der Waals surface area contributed by atoms with Crippen LogP contribution in [-0.4, -0.2) is 38.3 Å². The Morgan fingerprint density at radius 3 is 1.37 bits per heavy atom. The normalized spacial score (nSPS) is 12.9. The predicted molar refractivity (Wildman–Crippen MR) is 75.1 cm³/mol. The van der Waals surface area contributed by atoms with E-state index in [1.165, 1.54) is 38.6 Å². The maximum atomic E-state index is 11.9. The lowest BCUT2D eigenvalue weighted by molar-refractivity contribution is -0.870. The van der Waals surface area contributed by atoms with E-state index in [4.69, 9.17) is 0 Å². The zero-order valence-corrected chi connectivity index (χ0v) is 12.9. The minimum Gasteiger partial charge on any atom is -0.331 e. The number of alkyl halides is 3. The third kappa shape index (κ3) is 17.8. The van der Waals surface area contributed by atoms with Crippen LogP contribution in [-0.2, 0) is 0 Å². The maximum absolute atomic E-state index is 11.9. The minimum atomic E-state index is -3.97. The highest BCUT2D eigenvalue weighted by atomic mass is 19.4. The van der Waals surface area contributed by atoms with Crippen molar-refractivity contribution in [3.8, 4) is 0 Å². The minimum absolute atomic E-state index is 0.299. The van der Waals surface area contributed by atoms with Crippen LogP contribution < -0.4 is 0 Å². The molecule has 19 heavy (non-hydrogen) atoms. The molecule has 0 radical (unpaired) electrons. The molecule has 0 bridgehead atoms. The van der Waals surface area contributed by atoms with E-state index in [2.05, 4.69) is 21.1 Å². The van der Waals surface area contributed by atoms with Gasteiger partial charge in [-0.2, -0.15) is 13.2 Å². The van der Waals surface area contributed by atoms with Crippen LogP contribution >= 0.6 is 0 Å². The monoisotopic (exact) mass is 282 g/mol. The summed E-state index contributed by atoms with van der Waals surface area (Å²) in [6.07, 6.45) is 4.72. The molecule has 0 fully saturated rings. The summed E-state index contributed by atoms with van der Waals surface area (Å²) in [5.41, 5.74) is 0. The molecule has 0 aromatic carbocycles. The first-order valence-electron chi connectivity index (χ1n) is 7.58. The molecule has 0 heterocycles. The van der Waals surface area contributed by atoms with Crippen molar-refractivity contribution in [3.05, 3.63) is 0 Å². The van der Waals surface area contributed by atoms with Crippen molar-refractivity contribution in [2.45, 2.75) is 70.4 Å². The zero-order chi connectivity index (χ0) is 14.8. The first-order valence-corrected chi connectivity index (χ1v) is 7.58. The third-order valence-electron chi connectivity index (χ3n) is 3.29. The van der Waals surface area contributed by atoms with Crippen molar-refractivity contribution in [1.82, 2.24) is 0 Å².